The highest BCUT2D eigenvalue weighted by Gasteiger charge is 2.15. The van der Waals surface area contributed by atoms with Gasteiger partial charge in [-0.05, 0) is 31.5 Å². The zero-order valence-corrected chi connectivity index (χ0v) is 10.7. The third-order valence-electron chi connectivity index (χ3n) is 2.79. The molecule has 7 nitrogen and oxygen atoms in total. The maximum absolute atomic E-state index is 13.2. The van der Waals surface area contributed by atoms with E-state index in [1.54, 1.807) is 6.20 Å². The second-order valence-electron chi connectivity index (χ2n) is 4.33. The third kappa shape index (κ3) is 3.35. The Kier molecular flexibility index (Phi) is 4.36. The number of halogens is 1. The summed E-state index contributed by atoms with van der Waals surface area (Å²) in [6.45, 7) is 0.659. The first-order valence-electron chi connectivity index (χ1n) is 6.12. The van der Waals surface area contributed by atoms with Crippen LogP contribution in [0.2, 0.25) is 0 Å². The van der Waals surface area contributed by atoms with Crippen LogP contribution in [-0.2, 0) is 13.0 Å². The minimum atomic E-state index is -0.541. The summed E-state index contributed by atoms with van der Waals surface area (Å²) in [4.78, 5) is 10.4. The molecule has 8 heteroatoms. The molecule has 0 spiro atoms. The molecule has 0 atom stereocenters. The van der Waals surface area contributed by atoms with Gasteiger partial charge in [0.05, 0.1) is 22.7 Å². The van der Waals surface area contributed by atoms with Gasteiger partial charge < -0.3 is 5.73 Å². The molecule has 2 N–H and O–H groups in total. The van der Waals surface area contributed by atoms with Crippen molar-refractivity contribution in [1.29, 1.82) is 0 Å². The van der Waals surface area contributed by atoms with Crippen LogP contribution in [0.4, 0.5) is 10.1 Å². The molecule has 106 valence electrons. The molecule has 0 amide bonds. The molecule has 1 heterocycles. The minimum absolute atomic E-state index is 0.101. The van der Waals surface area contributed by atoms with Crippen molar-refractivity contribution < 1.29 is 9.31 Å². The van der Waals surface area contributed by atoms with Crippen LogP contribution < -0.4 is 5.73 Å². The van der Waals surface area contributed by atoms with Crippen LogP contribution in [0.5, 0.6) is 0 Å². The summed E-state index contributed by atoms with van der Waals surface area (Å²) in [6.07, 6.45) is 3.17. The van der Waals surface area contributed by atoms with E-state index in [2.05, 4.69) is 10.3 Å². The standard InChI is InChI=1S/C12H14FN5O2/c13-10-3-4-12(18(19)20)9(6-10)7-17-8-11(15-16-17)2-1-5-14/h3-4,6,8H,1-2,5,7,14H2. The molecule has 0 fully saturated rings. The summed E-state index contributed by atoms with van der Waals surface area (Å²) in [5.74, 6) is -0.519. The highest BCUT2D eigenvalue weighted by Crippen LogP contribution is 2.20. The number of aryl methyl sites for hydroxylation is 1. The highest BCUT2D eigenvalue weighted by molar-refractivity contribution is 5.40. The van der Waals surface area contributed by atoms with Crippen LogP contribution in [-0.4, -0.2) is 26.5 Å². The molecule has 0 unspecified atom stereocenters. The molecule has 0 aliphatic heterocycles. The summed E-state index contributed by atoms with van der Waals surface area (Å²) < 4.78 is 14.7. The number of nitro groups is 1. The fraction of sp³-hybridized carbons (Fsp3) is 0.333. The first-order chi connectivity index (χ1) is 9.60. The van der Waals surface area contributed by atoms with Gasteiger partial charge in [-0.3, -0.25) is 10.1 Å². The van der Waals surface area contributed by atoms with Crippen LogP contribution in [0.15, 0.2) is 24.4 Å². The van der Waals surface area contributed by atoms with Crippen molar-refractivity contribution in [2.75, 3.05) is 6.54 Å². The Morgan fingerprint density at radius 1 is 1.45 bits per heavy atom. The molecule has 0 saturated heterocycles. The third-order valence-corrected chi connectivity index (χ3v) is 2.79. The second kappa shape index (κ2) is 6.20. The monoisotopic (exact) mass is 279 g/mol. The van der Waals surface area contributed by atoms with E-state index in [1.165, 1.54) is 4.68 Å². The van der Waals surface area contributed by atoms with Crippen molar-refractivity contribution in [2.24, 2.45) is 5.73 Å². The number of nitrogens with two attached hydrogens (primary N) is 1. The van der Waals surface area contributed by atoms with E-state index in [0.29, 0.717) is 13.0 Å². The van der Waals surface area contributed by atoms with E-state index in [0.717, 1.165) is 30.3 Å². The number of nitrogens with zero attached hydrogens (tertiary/aromatic N) is 4. The SMILES string of the molecule is NCCCc1cn(Cc2cc(F)ccc2[N+](=O)[O-])nn1. The zero-order chi connectivity index (χ0) is 14.5. The largest absolute Gasteiger partial charge is 0.330 e. The van der Waals surface area contributed by atoms with Crippen molar-refractivity contribution in [3.8, 4) is 0 Å². The molecule has 2 rings (SSSR count). The zero-order valence-electron chi connectivity index (χ0n) is 10.7. The van der Waals surface area contributed by atoms with E-state index in [9.17, 15) is 14.5 Å². The van der Waals surface area contributed by atoms with Gasteiger partial charge in [-0.25, -0.2) is 9.07 Å². The van der Waals surface area contributed by atoms with E-state index in [-0.39, 0.29) is 17.8 Å². The molecule has 20 heavy (non-hydrogen) atoms. The van der Waals surface area contributed by atoms with Crippen LogP contribution in [0.3, 0.4) is 0 Å². The van der Waals surface area contributed by atoms with Crippen molar-refractivity contribution in [3.63, 3.8) is 0 Å². The molecule has 0 saturated carbocycles. The first-order valence-corrected chi connectivity index (χ1v) is 6.12. The Labute approximate surface area is 114 Å². The smallest absolute Gasteiger partial charge is 0.274 e. The van der Waals surface area contributed by atoms with Gasteiger partial charge in [0.1, 0.15) is 5.82 Å². The lowest BCUT2D eigenvalue weighted by Crippen LogP contribution is -2.04. The Morgan fingerprint density at radius 2 is 2.25 bits per heavy atom. The lowest BCUT2D eigenvalue weighted by atomic mass is 10.1. The fourth-order valence-electron chi connectivity index (χ4n) is 1.85. The van der Waals surface area contributed by atoms with Crippen molar-refractivity contribution in [2.45, 2.75) is 19.4 Å². The molecule has 0 bridgehead atoms. The second-order valence-corrected chi connectivity index (χ2v) is 4.33. The number of benzene rings is 1. The van der Waals surface area contributed by atoms with E-state index in [4.69, 9.17) is 5.73 Å². The van der Waals surface area contributed by atoms with Gasteiger partial charge in [-0.2, -0.15) is 0 Å². The summed E-state index contributed by atoms with van der Waals surface area (Å²) in [5.41, 5.74) is 6.28. The molecule has 0 aliphatic carbocycles. The van der Waals surface area contributed by atoms with Gasteiger partial charge in [0.25, 0.3) is 5.69 Å². The lowest BCUT2D eigenvalue weighted by molar-refractivity contribution is -0.385. The van der Waals surface area contributed by atoms with Crippen molar-refractivity contribution in [1.82, 2.24) is 15.0 Å². The molecule has 1 aromatic carbocycles. The van der Waals surface area contributed by atoms with Gasteiger partial charge in [0, 0.05) is 12.3 Å². The Hall–Kier alpha value is -2.35. The van der Waals surface area contributed by atoms with Crippen LogP contribution in [0.1, 0.15) is 17.7 Å². The number of rotatable bonds is 6. The normalized spacial score (nSPS) is 10.7. The summed E-state index contributed by atoms with van der Waals surface area (Å²) >= 11 is 0. The number of hydrogen-bond donors (Lipinski definition) is 1. The molecular formula is C12H14FN5O2. The molecule has 1 aromatic heterocycles. The van der Waals surface area contributed by atoms with Gasteiger partial charge in [0.2, 0.25) is 0 Å². The maximum Gasteiger partial charge on any atom is 0.274 e. The highest BCUT2D eigenvalue weighted by atomic mass is 19.1. The molecule has 0 aliphatic rings. The predicted molar refractivity (Wildman–Crippen MR) is 69.6 cm³/mol. The van der Waals surface area contributed by atoms with Crippen LogP contribution >= 0.6 is 0 Å². The summed E-state index contributed by atoms with van der Waals surface area (Å²) in [7, 11) is 0. The van der Waals surface area contributed by atoms with Gasteiger partial charge >= 0.3 is 0 Å². The Morgan fingerprint density at radius 3 is 2.95 bits per heavy atom. The topological polar surface area (TPSA) is 99.9 Å². The Bertz CT molecular complexity index is 614. The number of hydrogen-bond acceptors (Lipinski definition) is 5. The van der Waals surface area contributed by atoms with Crippen LogP contribution in [0, 0.1) is 15.9 Å². The fourth-order valence-corrected chi connectivity index (χ4v) is 1.85. The molecule has 2 aromatic rings. The minimum Gasteiger partial charge on any atom is -0.330 e. The lowest BCUT2D eigenvalue weighted by Gasteiger charge is -2.02. The van der Waals surface area contributed by atoms with Crippen LogP contribution in [0.25, 0.3) is 0 Å². The predicted octanol–water partition coefficient (Wildman–Crippen LogP) is 1.26. The molecule has 0 radical (unpaired) electrons. The summed E-state index contributed by atoms with van der Waals surface area (Å²) in [5, 5.41) is 18.7. The number of nitro benzene ring substituents is 1. The van der Waals surface area contributed by atoms with Gasteiger partial charge in [-0.1, -0.05) is 5.21 Å². The number of aromatic nitrogens is 3. The maximum atomic E-state index is 13.2. The van der Waals surface area contributed by atoms with E-state index < -0.39 is 10.7 Å². The quantitative estimate of drug-likeness (QED) is 0.634. The Balaban J connectivity index is 2.19. The van der Waals surface area contributed by atoms with Gasteiger partial charge in [-0.15, -0.1) is 5.10 Å². The average molecular weight is 279 g/mol. The first kappa shape index (κ1) is 14.1. The van der Waals surface area contributed by atoms with Crippen molar-refractivity contribution >= 4 is 5.69 Å². The van der Waals surface area contributed by atoms with Crippen molar-refractivity contribution in [3.05, 3.63) is 51.6 Å². The summed E-state index contributed by atoms with van der Waals surface area (Å²) in [6, 6.07) is 3.35. The van der Waals surface area contributed by atoms with E-state index >= 15 is 0 Å². The van der Waals surface area contributed by atoms with E-state index in [1.807, 2.05) is 0 Å². The molecular weight excluding hydrogens is 265 g/mol. The van der Waals surface area contributed by atoms with Gasteiger partial charge in [0.15, 0.2) is 0 Å². The average Bonchev–Trinajstić information content (AvgIpc) is 2.83.